The summed E-state index contributed by atoms with van der Waals surface area (Å²) < 4.78 is 4.68. The third-order valence-corrected chi connectivity index (χ3v) is 2.79. The Bertz CT molecular complexity index is 445. The number of aromatic nitrogens is 1. The maximum Gasteiger partial charge on any atom is 0.334 e. The van der Waals surface area contributed by atoms with Gasteiger partial charge in [-0.05, 0) is 18.2 Å². The molecule has 2 rings (SSSR count). The number of pyridine rings is 1. The molecule has 0 radical (unpaired) electrons. The van der Waals surface area contributed by atoms with Crippen LogP contribution in [0.15, 0.2) is 36.0 Å². The molecule has 0 spiro atoms. The molecule has 0 aliphatic carbocycles. The Morgan fingerprint density at radius 3 is 3.11 bits per heavy atom. The summed E-state index contributed by atoms with van der Waals surface area (Å²) in [6.45, 7) is 1.57. The molecule has 0 saturated heterocycles. The van der Waals surface area contributed by atoms with E-state index in [0.717, 1.165) is 5.69 Å². The highest BCUT2D eigenvalue weighted by Crippen LogP contribution is 2.13. The molecule has 1 aliphatic heterocycles. The van der Waals surface area contributed by atoms with E-state index in [9.17, 15) is 9.90 Å². The van der Waals surface area contributed by atoms with E-state index in [0.29, 0.717) is 25.2 Å². The molecule has 2 heterocycles. The van der Waals surface area contributed by atoms with Crippen LogP contribution in [0.2, 0.25) is 0 Å². The minimum atomic E-state index is -0.642. The van der Waals surface area contributed by atoms with Gasteiger partial charge in [0.25, 0.3) is 0 Å². The van der Waals surface area contributed by atoms with Gasteiger partial charge < -0.3 is 9.84 Å². The molecule has 1 unspecified atom stereocenters. The van der Waals surface area contributed by atoms with Crippen LogP contribution >= 0.6 is 0 Å². The summed E-state index contributed by atoms with van der Waals surface area (Å²) in [7, 11) is 1.34. The van der Waals surface area contributed by atoms with Crippen molar-refractivity contribution in [3.63, 3.8) is 0 Å². The van der Waals surface area contributed by atoms with E-state index in [-0.39, 0.29) is 5.97 Å². The second kappa shape index (κ2) is 5.75. The standard InChI is InChI=1S/C13H16N2O3/c1-18-13(17)10-6-12(16)9-15(7-10)8-11-4-2-3-5-14-11/h2-6,12,16H,7-9H2,1H3. The van der Waals surface area contributed by atoms with Gasteiger partial charge in [-0.25, -0.2) is 4.79 Å². The second-order valence-electron chi connectivity index (χ2n) is 4.24. The van der Waals surface area contributed by atoms with Crippen molar-refractivity contribution in [2.75, 3.05) is 20.2 Å². The van der Waals surface area contributed by atoms with Gasteiger partial charge in [0.15, 0.2) is 0 Å². The predicted molar refractivity (Wildman–Crippen MR) is 65.6 cm³/mol. The lowest BCUT2D eigenvalue weighted by molar-refractivity contribution is -0.136. The Kier molecular flexibility index (Phi) is 4.07. The Morgan fingerprint density at radius 1 is 1.61 bits per heavy atom. The van der Waals surface area contributed by atoms with E-state index in [1.54, 1.807) is 12.3 Å². The Balaban J connectivity index is 2.04. The number of nitrogens with zero attached hydrogens (tertiary/aromatic N) is 2. The van der Waals surface area contributed by atoms with Crippen LogP contribution in [0, 0.1) is 0 Å². The van der Waals surface area contributed by atoms with Gasteiger partial charge in [0, 0.05) is 31.4 Å². The van der Waals surface area contributed by atoms with Crippen molar-refractivity contribution in [1.29, 1.82) is 0 Å². The fourth-order valence-electron chi connectivity index (χ4n) is 2.01. The highest BCUT2D eigenvalue weighted by molar-refractivity contribution is 5.89. The zero-order chi connectivity index (χ0) is 13.0. The third kappa shape index (κ3) is 3.15. The summed E-state index contributed by atoms with van der Waals surface area (Å²) >= 11 is 0. The summed E-state index contributed by atoms with van der Waals surface area (Å²) in [5.41, 5.74) is 1.41. The predicted octanol–water partition coefficient (Wildman–Crippen LogP) is 0.357. The van der Waals surface area contributed by atoms with Crippen molar-refractivity contribution in [3.8, 4) is 0 Å². The maximum atomic E-state index is 11.5. The van der Waals surface area contributed by atoms with Crippen LogP contribution in [-0.2, 0) is 16.1 Å². The van der Waals surface area contributed by atoms with Gasteiger partial charge in [-0.15, -0.1) is 0 Å². The van der Waals surface area contributed by atoms with Crippen LogP contribution in [0.4, 0.5) is 0 Å². The van der Waals surface area contributed by atoms with Crippen LogP contribution in [0.1, 0.15) is 5.69 Å². The van der Waals surface area contributed by atoms with Crippen molar-refractivity contribution in [1.82, 2.24) is 9.88 Å². The molecular formula is C13H16N2O3. The molecule has 1 N–H and O–H groups in total. The van der Waals surface area contributed by atoms with Crippen molar-refractivity contribution in [2.24, 2.45) is 0 Å². The van der Waals surface area contributed by atoms with Gasteiger partial charge in [0.1, 0.15) is 0 Å². The van der Waals surface area contributed by atoms with E-state index < -0.39 is 6.10 Å². The highest BCUT2D eigenvalue weighted by Gasteiger charge is 2.23. The maximum absolute atomic E-state index is 11.5. The molecule has 0 saturated carbocycles. The number of aliphatic hydroxyl groups excluding tert-OH is 1. The molecule has 0 fully saturated rings. The Labute approximate surface area is 106 Å². The number of esters is 1. The van der Waals surface area contributed by atoms with Crippen LogP contribution in [0.25, 0.3) is 0 Å². The zero-order valence-corrected chi connectivity index (χ0v) is 10.2. The number of carbonyl (C=O) groups excluding carboxylic acids is 1. The van der Waals surface area contributed by atoms with Crippen molar-refractivity contribution in [2.45, 2.75) is 12.6 Å². The fourth-order valence-corrected chi connectivity index (χ4v) is 2.01. The average molecular weight is 248 g/mol. The number of methoxy groups -OCH3 is 1. The van der Waals surface area contributed by atoms with Gasteiger partial charge in [-0.3, -0.25) is 9.88 Å². The monoisotopic (exact) mass is 248 g/mol. The molecule has 1 aromatic heterocycles. The molecular weight excluding hydrogens is 232 g/mol. The molecule has 18 heavy (non-hydrogen) atoms. The number of hydrogen-bond donors (Lipinski definition) is 1. The van der Waals surface area contributed by atoms with Crippen molar-refractivity contribution >= 4 is 5.97 Å². The Hall–Kier alpha value is -1.72. The zero-order valence-electron chi connectivity index (χ0n) is 10.2. The van der Waals surface area contributed by atoms with E-state index in [1.165, 1.54) is 7.11 Å². The van der Waals surface area contributed by atoms with Gasteiger partial charge in [0.2, 0.25) is 0 Å². The van der Waals surface area contributed by atoms with E-state index in [2.05, 4.69) is 9.72 Å². The van der Waals surface area contributed by atoms with E-state index in [4.69, 9.17) is 0 Å². The SMILES string of the molecule is COC(=O)C1=CC(O)CN(Cc2ccccn2)C1. The molecule has 1 aromatic rings. The van der Waals surface area contributed by atoms with Crippen molar-refractivity contribution in [3.05, 3.63) is 41.7 Å². The largest absolute Gasteiger partial charge is 0.466 e. The third-order valence-electron chi connectivity index (χ3n) is 2.79. The first-order valence-electron chi connectivity index (χ1n) is 5.78. The summed E-state index contributed by atoms with van der Waals surface area (Å²) in [6.07, 6.45) is 2.64. The number of carbonyl (C=O) groups is 1. The quantitative estimate of drug-likeness (QED) is 0.782. The minimum Gasteiger partial charge on any atom is -0.466 e. The van der Waals surface area contributed by atoms with Crippen molar-refractivity contribution < 1.29 is 14.6 Å². The average Bonchev–Trinajstić information content (AvgIpc) is 2.38. The summed E-state index contributed by atoms with van der Waals surface area (Å²) in [5.74, 6) is -0.389. The van der Waals surface area contributed by atoms with E-state index in [1.807, 2.05) is 23.1 Å². The molecule has 0 aromatic carbocycles. The highest BCUT2D eigenvalue weighted by atomic mass is 16.5. The lowest BCUT2D eigenvalue weighted by Gasteiger charge is -2.28. The lowest BCUT2D eigenvalue weighted by Crippen LogP contribution is -2.39. The normalized spacial score (nSPS) is 20.3. The molecule has 0 amide bonds. The first kappa shape index (κ1) is 12.7. The van der Waals surface area contributed by atoms with E-state index >= 15 is 0 Å². The first-order chi connectivity index (χ1) is 8.69. The minimum absolute atomic E-state index is 0.389. The molecule has 1 aliphatic rings. The van der Waals surface area contributed by atoms with Crippen LogP contribution in [0.5, 0.6) is 0 Å². The molecule has 5 heteroatoms. The van der Waals surface area contributed by atoms with Crippen LogP contribution in [-0.4, -0.2) is 47.3 Å². The first-order valence-corrected chi connectivity index (χ1v) is 5.78. The molecule has 5 nitrogen and oxygen atoms in total. The number of rotatable bonds is 3. The summed E-state index contributed by atoms with van der Waals surface area (Å²) in [6, 6.07) is 5.69. The number of β-amino-alcohol motifs (C(OH)–C–C–N with tert-alkyl or cyclic N) is 1. The van der Waals surface area contributed by atoms with Crippen LogP contribution in [0.3, 0.4) is 0 Å². The molecule has 0 bridgehead atoms. The molecule has 96 valence electrons. The second-order valence-corrected chi connectivity index (χ2v) is 4.24. The van der Waals surface area contributed by atoms with Crippen LogP contribution < -0.4 is 0 Å². The molecule has 1 atom stereocenters. The lowest BCUT2D eigenvalue weighted by atomic mass is 10.1. The summed E-state index contributed by atoms with van der Waals surface area (Å²) in [4.78, 5) is 17.7. The number of ether oxygens (including phenoxy) is 1. The van der Waals surface area contributed by atoms with Gasteiger partial charge in [-0.1, -0.05) is 6.07 Å². The smallest absolute Gasteiger partial charge is 0.334 e. The topological polar surface area (TPSA) is 62.7 Å². The number of aliphatic hydroxyl groups is 1. The number of hydrogen-bond acceptors (Lipinski definition) is 5. The van der Waals surface area contributed by atoms with Gasteiger partial charge >= 0.3 is 5.97 Å². The van der Waals surface area contributed by atoms with Gasteiger partial charge in [0.05, 0.1) is 18.9 Å². The summed E-state index contributed by atoms with van der Waals surface area (Å²) in [5, 5.41) is 9.73. The van der Waals surface area contributed by atoms with Gasteiger partial charge in [-0.2, -0.15) is 0 Å². The fraction of sp³-hybridized carbons (Fsp3) is 0.385. The Morgan fingerprint density at radius 2 is 2.44 bits per heavy atom.